The smallest absolute Gasteiger partial charge is 0.0231 e. The van der Waals surface area contributed by atoms with Crippen molar-refractivity contribution in [2.75, 3.05) is 11.6 Å². The molecule has 0 aliphatic heterocycles. The highest BCUT2D eigenvalue weighted by Gasteiger charge is 2.13. The summed E-state index contributed by atoms with van der Waals surface area (Å²) in [6.07, 6.45) is 2.37. The fourth-order valence-corrected chi connectivity index (χ4v) is 1.84. The Morgan fingerprint density at radius 1 is 1.40 bits per heavy atom. The van der Waals surface area contributed by atoms with Crippen molar-refractivity contribution >= 4 is 23.4 Å². The van der Waals surface area contributed by atoms with Crippen molar-refractivity contribution in [1.82, 2.24) is 0 Å². The van der Waals surface area contributed by atoms with Gasteiger partial charge in [-0.25, -0.2) is 0 Å². The molecule has 62 valence electrons. The van der Waals surface area contributed by atoms with Gasteiger partial charge in [0.15, 0.2) is 0 Å². The third-order valence-electron chi connectivity index (χ3n) is 1.62. The first-order valence-corrected chi connectivity index (χ1v) is 5.34. The van der Waals surface area contributed by atoms with Crippen LogP contribution in [-0.4, -0.2) is 16.4 Å². The normalized spacial score (nSPS) is 12.0. The summed E-state index contributed by atoms with van der Waals surface area (Å²) in [5.74, 6) is 2.00. The van der Waals surface area contributed by atoms with Gasteiger partial charge < -0.3 is 0 Å². The largest absolute Gasteiger partial charge is 0.156 e. The lowest BCUT2D eigenvalue weighted by molar-refractivity contribution is 0.684. The summed E-state index contributed by atoms with van der Waals surface area (Å²) < 4.78 is 0.450. The second-order valence-corrected chi connectivity index (χ2v) is 5.18. The van der Waals surface area contributed by atoms with Gasteiger partial charge in [-0.15, -0.1) is 11.6 Å². The van der Waals surface area contributed by atoms with Gasteiger partial charge in [-0.05, 0) is 18.6 Å². The molecule has 0 spiro atoms. The first-order chi connectivity index (χ1) is 4.62. The van der Waals surface area contributed by atoms with Crippen molar-refractivity contribution in [3.05, 3.63) is 0 Å². The van der Waals surface area contributed by atoms with E-state index in [4.69, 9.17) is 11.6 Å². The summed E-state index contributed by atoms with van der Waals surface area (Å²) in [5, 5.41) is 0. The third kappa shape index (κ3) is 5.43. The molecule has 0 fully saturated rings. The highest BCUT2D eigenvalue weighted by molar-refractivity contribution is 8.00. The SMILES string of the molecule is CCC(C)(C)SCCCCl. The Balaban J connectivity index is 3.28. The first kappa shape index (κ1) is 10.6. The maximum Gasteiger partial charge on any atom is 0.0231 e. The summed E-state index contributed by atoms with van der Waals surface area (Å²) in [5.41, 5.74) is 0. The molecule has 0 aromatic rings. The molecule has 0 heterocycles. The van der Waals surface area contributed by atoms with Gasteiger partial charge in [0.2, 0.25) is 0 Å². The van der Waals surface area contributed by atoms with Crippen LogP contribution in [0.1, 0.15) is 33.6 Å². The molecule has 0 aliphatic rings. The van der Waals surface area contributed by atoms with E-state index in [2.05, 4.69) is 20.8 Å². The van der Waals surface area contributed by atoms with Crippen LogP contribution in [0.3, 0.4) is 0 Å². The lowest BCUT2D eigenvalue weighted by Gasteiger charge is -2.21. The maximum atomic E-state index is 5.56. The molecule has 0 aliphatic carbocycles. The molecule has 0 radical (unpaired) electrons. The second-order valence-electron chi connectivity index (χ2n) is 3.00. The number of hydrogen-bond donors (Lipinski definition) is 0. The van der Waals surface area contributed by atoms with Gasteiger partial charge >= 0.3 is 0 Å². The fraction of sp³-hybridized carbons (Fsp3) is 1.00. The van der Waals surface area contributed by atoms with Crippen LogP contribution in [0.25, 0.3) is 0 Å². The summed E-state index contributed by atoms with van der Waals surface area (Å²) in [4.78, 5) is 0. The van der Waals surface area contributed by atoms with E-state index in [1.54, 1.807) is 0 Å². The van der Waals surface area contributed by atoms with E-state index in [9.17, 15) is 0 Å². The molecule has 0 aromatic heterocycles. The zero-order valence-electron chi connectivity index (χ0n) is 7.11. The minimum atomic E-state index is 0.450. The fourth-order valence-electron chi connectivity index (χ4n) is 0.505. The highest BCUT2D eigenvalue weighted by atomic mass is 35.5. The molecule has 10 heavy (non-hydrogen) atoms. The third-order valence-corrected chi connectivity index (χ3v) is 3.45. The summed E-state index contributed by atoms with van der Waals surface area (Å²) >= 11 is 7.58. The monoisotopic (exact) mass is 180 g/mol. The van der Waals surface area contributed by atoms with Gasteiger partial charge in [-0.2, -0.15) is 11.8 Å². The number of thioether (sulfide) groups is 1. The van der Waals surface area contributed by atoms with Gasteiger partial charge in [-0.3, -0.25) is 0 Å². The van der Waals surface area contributed by atoms with Crippen molar-refractivity contribution in [3.63, 3.8) is 0 Å². The molecular weight excluding hydrogens is 164 g/mol. The number of rotatable bonds is 5. The average molecular weight is 181 g/mol. The number of alkyl halides is 1. The molecule has 0 rings (SSSR count). The van der Waals surface area contributed by atoms with Gasteiger partial charge in [0.05, 0.1) is 0 Å². The average Bonchev–Trinajstić information content (AvgIpc) is 1.89. The zero-order chi connectivity index (χ0) is 8.04. The maximum absolute atomic E-state index is 5.56. The Hall–Kier alpha value is 0.640. The molecule has 0 amide bonds. The molecule has 0 atom stereocenters. The number of halogens is 1. The molecule has 0 saturated carbocycles. The van der Waals surface area contributed by atoms with Gasteiger partial charge in [0, 0.05) is 10.6 Å². The van der Waals surface area contributed by atoms with E-state index < -0.39 is 0 Å². The molecule has 0 nitrogen and oxygen atoms in total. The van der Waals surface area contributed by atoms with Crippen molar-refractivity contribution in [2.24, 2.45) is 0 Å². The first-order valence-electron chi connectivity index (χ1n) is 3.82. The van der Waals surface area contributed by atoms with Crippen LogP contribution in [0, 0.1) is 0 Å². The summed E-state index contributed by atoms with van der Waals surface area (Å²) in [7, 11) is 0. The van der Waals surface area contributed by atoms with E-state index in [1.165, 1.54) is 12.2 Å². The van der Waals surface area contributed by atoms with Crippen LogP contribution < -0.4 is 0 Å². The molecule has 0 saturated heterocycles. The Kier molecular flexibility index (Phi) is 5.65. The van der Waals surface area contributed by atoms with Crippen LogP contribution in [0.15, 0.2) is 0 Å². The predicted octanol–water partition coefficient (Wildman–Crippen LogP) is 3.54. The molecule has 0 bridgehead atoms. The topological polar surface area (TPSA) is 0 Å². The lowest BCUT2D eigenvalue weighted by Crippen LogP contribution is -2.13. The highest BCUT2D eigenvalue weighted by Crippen LogP contribution is 2.27. The molecule has 0 aromatic carbocycles. The van der Waals surface area contributed by atoms with Crippen LogP contribution in [-0.2, 0) is 0 Å². The van der Waals surface area contributed by atoms with E-state index in [0.717, 1.165) is 12.3 Å². The number of hydrogen-bond acceptors (Lipinski definition) is 1. The van der Waals surface area contributed by atoms with Crippen LogP contribution in [0.4, 0.5) is 0 Å². The van der Waals surface area contributed by atoms with E-state index in [1.807, 2.05) is 11.8 Å². The molecule has 2 heteroatoms. The summed E-state index contributed by atoms with van der Waals surface area (Å²) in [6, 6.07) is 0. The van der Waals surface area contributed by atoms with Gasteiger partial charge in [0.25, 0.3) is 0 Å². The van der Waals surface area contributed by atoms with E-state index in [-0.39, 0.29) is 0 Å². The Labute approximate surface area is 73.7 Å². The zero-order valence-corrected chi connectivity index (χ0v) is 8.69. The Morgan fingerprint density at radius 3 is 2.40 bits per heavy atom. The molecule has 0 unspecified atom stereocenters. The van der Waals surface area contributed by atoms with Gasteiger partial charge in [0.1, 0.15) is 0 Å². The summed E-state index contributed by atoms with van der Waals surface area (Å²) in [6.45, 7) is 6.80. The molecular formula is C8H17ClS. The van der Waals surface area contributed by atoms with Crippen LogP contribution in [0.2, 0.25) is 0 Å². The Morgan fingerprint density at radius 2 is 2.00 bits per heavy atom. The van der Waals surface area contributed by atoms with Crippen molar-refractivity contribution < 1.29 is 0 Å². The predicted molar refractivity (Wildman–Crippen MR) is 52.2 cm³/mol. The van der Waals surface area contributed by atoms with Crippen molar-refractivity contribution in [1.29, 1.82) is 0 Å². The van der Waals surface area contributed by atoms with E-state index >= 15 is 0 Å². The van der Waals surface area contributed by atoms with E-state index in [0.29, 0.717) is 4.75 Å². The van der Waals surface area contributed by atoms with Gasteiger partial charge in [-0.1, -0.05) is 20.8 Å². The van der Waals surface area contributed by atoms with Crippen molar-refractivity contribution in [2.45, 2.75) is 38.4 Å². The minimum absolute atomic E-state index is 0.450. The molecule has 0 N–H and O–H groups in total. The van der Waals surface area contributed by atoms with Crippen LogP contribution in [0.5, 0.6) is 0 Å². The standard InChI is InChI=1S/C8H17ClS/c1-4-8(2,3)10-7-5-6-9/h4-7H2,1-3H3. The second kappa shape index (κ2) is 5.31. The van der Waals surface area contributed by atoms with Crippen molar-refractivity contribution in [3.8, 4) is 0 Å². The minimum Gasteiger partial charge on any atom is -0.156 e. The lowest BCUT2D eigenvalue weighted by atomic mass is 10.1. The quantitative estimate of drug-likeness (QED) is 0.461. The van der Waals surface area contributed by atoms with Crippen LogP contribution >= 0.6 is 23.4 Å². The Bertz CT molecular complexity index is 81.3.